The fourth-order valence-electron chi connectivity index (χ4n) is 1.89. The van der Waals surface area contributed by atoms with Gasteiger partial charge in [-0.3, -0.25) is 4.90 Å². The molecule has 0 atom stereocenters. The lowest BCUT2D eigenvalue weighted by Gasteiger charge is -2.34. The van der Waals surface area contributed by atoms with Gasteiger partial charge in [-0.15, -0.1) is 0 Å². The van der Waals surface area contributed by atoms with E-state index in [4.69, 9.17) is 13.3 Å². The molecule has 1 saturated heterocycles. The maximum atomic E-state index is 5.84. The van der Waals surface area contributed by atoms with Crippen LogP contribution in [0.15, 0.2) is 0 Å². The van der Waals surface area contributed by atoms with Gasteiger partial charge in [-0.2, -0.15) is 0 Å². The minimum absolute atomic E-state index is 0.631. The summed E-state index contributed by atoms with van der Waals surface area (Å²) in [7, 11) is -0.512. The summed E-state index contributed by atoms with van der Waals surface area (Å²) in [5, 5.41) is 0. The fourth-order valence-corrected chi connectivity index (χ4v) is 4.57. The fraction of sp³-hybridized carbons (Fsp3) is 1.00. The van der Waals surface area contributed by atoms with Gasteiger partial charge in [-0.25, -0.2) is 4.57 Å². The Bertz CT molecular complexity index is 189. The molecule has 0 aromatic carbocycles. The minimum atomic E-state index is -2.61. The van der Waals surface area contributed by atoms with E-state index in [1.165, 1.54) is 0 Å². The van der Waals surface area contributed by atoms with Crippen LogP contribution in [0.25, 0.3) is 0 Å². The normalized spacial score (nSPS) is 19.5. The molecule has 5 nitrogen and oxygen atoms in total. The van der Waals surface area contributed by atoms with Gasteiger partial charge in [0, 0.05) is 32.9 Å². The molecule has 0 aromatic heterocycles. The van der Waals surface area contributed by atoms with Crippen LogP contribution in [0.2, 0.25) is 0 Å². The summed E-state index contributed by atoms with van der Waals surface area (Å²) < 4.78 is 19.7. The van der Waals surface area contributed by atoms with Crippen molar-refractivity contribution in [2.24, 2.45) is 0 Å². The molecule has 0 unspecified atom stereocenters. The van der Waals surface area contributed by atoms with Crippen LogP contribution in [-0.4, -0.2) is 65.1 Å². The Morgan fingerprint density at radius 3 is 1.75 bits per heavy atom. The lowest BCUT2D eigenvalue weighted by molar-refractivity contribution is 0.0197. The van der Waals surface area contributed by atoms with E-state index < -0.39 is 8.97 Å². The number of rotatable bonds is 7. The van der Waals surface area contributed by atoms with Gasteiger partial charge in [0.25, 0.3) is 0 Å². The zero-order valence-corrected chi connectivity index (χ0v) is 11.9. The molecule has 0 saturated carbocycles. The van der Waals surface area contributed by atoms with Crippen molar-refractivity contribution in [3.8, 4) is 0 Å². The maximum Gasteiger partial charge on any atom is 0.600 e. The minimum Gasteiger partial charge on any atom is -0.361 e. The molecule has 0 bridgehead atoms. The molecule has 0 radical (unpaired) electrons. The standard InChI is InChI=1S/C10H24N2O3Si/c1-5-13-16(14-6-2,15-7-3)12-9-8-11(4)10-12/h5-10H2,1-4H3. The van der Waals surface area contributed by atoms with E-state index in [0.29, 0.717) is 19.8 Å². The third kappa shape index (κ3) is 3.25. The summed E-state index contributed by atoms with van der Waals surface area (Å²) in [5.41, 5.74) is 0. The number of hydrogen-bond acceptors (Lipinski definition) is 5. The van der Waals surface area contributed by atoms with Crippen LogP contribution < -0.4 is 0 Å². The van der Waals surface area contributed by atoms with Gasteiger partial charge in [0.1, 0.15) is 0 Å². The Labute approximate surface area is 99.7 Å². The van der Waals surface area contributed by atoms with E-state index in [1.807, 2.05) is 20.8 Å². The molecule has 1 rings (SSSR count). The van der Waals surface area contributed by atoms with Crippen LogP contribution in [0.5, 0.6) is 0 Å². The molecule has 0 amide bonds. The van der Waals surface area contributed by atoms with Crippen molar-refractivity contribution in [3.63, 3.8) is 0 Å². The predicted octanol–water partition coefficient (Wildman–Crippen LogP) is 0.736. The molecule has 1 heterocycles. The van der Waals surface area contributed by atoms with Gasteiger partial charge in [-0.1, -0.05) is 0 Å². The Morgan fingerprint density at radius 1 is 0.938 bits per heavy atom. The van der Waals surface area contributed by atoms with Crippen LogP contribution in [0, 0.1) is 0 Å². The van der Waals surface area contributed by atoms with Crippen molar-refractivity contribution in [1.29, 1.82) is 0 Å². The van der Waals surface area contributed by atoms with Crippen molar-refractivity contribution in [3.05, 3.63) is 0 Å². The van der Waals surface area contributed by atoms with Gasteiger partial charge in [0.15, 0.2) is 0 Å². The van der Waals surface area contributed by atoms with Crippen molar-refractivity contribution < 1.29 is 13.3 Å². The van der Waals surface area contributed by atoms with Gasteiger partial charge in [0.2, 0.25) is 0 Å². The summed E-state index contributed by atoms with van der Waals surface area (Å²) in [6, 6.07) is 0. The summed E-state index contributed by atoms with van der Waals surface area (Å²) >= 11 is 0. The van der Waals surface area contributed by atoms with Crippen LogP contribution in [0.3, 0.4) is 0 Å². The first-order chi connectivity index (χ1) is 7.68. The molecular formula is C10H24N2O3Si. The topological polar surface area (TPSA) is 34.2 Å². The first-order valence-corrected chi connectivity index (χ1v) is 7.71. The van der Waals surface area contributed by atoms with Gasteiger partial charge in [0.05, 0.1) is 6.67 Å². The zero-order chi connectivity index (χ0) is 12.0. The molecule has 6 heteroatoms. The van der Waals surface area contributed by atoms with Gasteiger partial charge < -0.3 is 13.3 Å². The molecule has 0 aliphatic carbocycles. The smallest absolute Gasteiger partial charge is 0.361 e. The lowest BCUT2D eigenvalue weighted by Crippen LogP contribution is -2.60. The molecule has 0 N–H and O–H groups in total. The third-order valence-corrected chi connectivity index (χ3v) is 5.63. The van der Waals surface area contributed by atoms with Crippen LogP contribution in [-0.2, 0) is 13.3 Å². The molecule has 16 heavy (non-hydrogen) atoms. The van der Waals surface area contributed by atoms with Crippen LogP contribution >= 0.6 is 0 Å². The highest BCUT2D eigenvalue weighted by molar-refractivity contribution is 6.57. The first kappa shape index (κ1) is 14.1. The highest BCUT2D eigenvalue weighted by atomic mass is 28.4. The second-order valence-corrected chi connectivity index (χ2v) is 6.35. The van der Waals surface area contributed by atoms with E-state index in [0.717, 1.165) is 19.8 Å². The first-order valence-electron chi connectivity index (χ1n) is 6.04. The summed E-state index contributed by atoms with van der Waals surface area (Å²) in [5.74, 6) is 0. The highest BCUT2D eigenvalue weighted by Gasteiger charge is 2.50. The zero-order valence-electron chi connectivity index (χ0n) is 10.9. The second kappa shape index (κ2) is 6.68. The van der Waals surface area contributed by atoms with E-state index in [9.17, 15) is 0 Å². The predicted molar refractivity (Wildman–Crippen MR) is 64.8 cm³/mol. The largest absolute Gasteiger partial charge is 0.600 e. The van der Waals surface area contributed by atoms with Crippen LogP contribution in [0.4, 0.5) is 0 Å². The molecular weight excluding hydrogens is 224 g/mol. The molecule has 0 aromatic rings. The second-order valence-electron chi connectivity index (χ2n) is 3.81. The quantitative estimate of drug-likeness (QED) is 0.621. The van der Waals surface area contributed by atoms with Crippen molar-refractivity contribution in [2.45, 2.75) is 20.8 Å². The molecule has 1 aliphatic heterocycles. The van der Waals surface area contributed by atoms with E-state index in [1.54, 1.807) is 0 Å². The van der Waals surface area contributed by atoms with Crippen molar-refractivity contribution in [1.82, 2.24) is 9.47 Å². The number of nitrogens with zero attached hydrogens (tertiary/aromatic N) is 2. The van der Waals surface area contributed by atoms with Gasteiger partial charge in [-0.05, 0) is 27.8 Å². The molecule has 0 spiro atoms. The lowest BCUT2D eigenvalue weighted by atomic mass is 10.7. The Balaban J connectivity index is 2.72. The Hall–Kier alpha value is 0.0169. The van der Waals surface area contributed by atoms with Crippen molar-refractivity contribution >= 4 is 8.97 Å². The highest BCUT2D eigenvalue weighted by Crippen LogP contribution is 2.19. The average Bonchev–Trinajstić information content (AvgIpc) is 2.66. The van der Waals surface area contributed by atoms with Crippen molar-refractivity contribution in [2.75, 3.05) is 46.6 Å². The third-order valence-electron chi connectivity index (χ3n) is 2.53. The summed E-state index contributed by atoms with van der Waals surface area (Å²) in [6.07, 6.45) is 0. The maximum absolute atomic E-state index is 5.84. The van der Waals surface area contributed by atoms with E-state index in [-0.39, 0.29) is 0 Å². The molecule has 1 aliphatic rings. The number of likely N-dealkylation sites (N-methyl/N-ethyl adjacent to an activating group) is 1. The number of hydrogen-bond donors (Lipinski definition) is 0. The Morgan fingerprint density at radius 2 is 1.44 bits per heavy atom. The summed E-state index contributed by atoms with van der Waals surface area (Å²) in [4.78, 5) is 2.25. The van der Waals surface area contributed by atoms with E-state index in [2.05, 4.69) is 16.5 Å². The molecule has 1 fully saturated rings. The van der Waals surface area contributed by atoms with E-state index >= 15 is 0 Å². The Kier molecular flexibility index (Phi) is 5.88. The summed E-state index contributed by atoms with van der Waals surface area (Å²) in [6.45, 7) is 10.7. The van der Waals surface area contributed by atoms with Crippen LogP contribution in [0.1, 0.15) is 20.8 Å². The molecule has 96 valence electrons. The van der Waals surface area contributed by atoms with Gasteiger partial charge >= 0.3 is 8.97 Å². The monoisotopic (exact) mass is 248 g/mol. The SMILES string of the molecule is CCO[Si](OCC)(OCC)N1CCN(C)C1. The average molecular weight is 248 g/mol.